The normalized spacial score (nSPS) is 10.9. The first-order valence-corrected chi connectivity index (χ1v) is 4.90. The molecular formula is C11H10ClFN2. The number of aromatic nitrogens is 1. The number of halogens is 2. The van der Waals surface area contributed by atoms with Gasteiger partial charge in [-0.05, 0) is 25.5 Å². The molecule has 0 spiro atoms. The van der Waals surface area contributed by atoms with Gasteiger partial charge in [-0.15, -0.1) is 0 Å². The van der Waals surface area contributed by atoms with E-state index in [9.17, 15) is 4.39 Å². The zero-order valence-corrected chi connectivity index (χ0v) is 9.19. The van der Waals surface area contributed by atoms with Crippen molar-refractivity contribution >= 4 is 28.2 Å². The lowest BCUT2D eigenvalue weighted by molar-refractivity contribution is 0.630. The van der Waals surface area contributed by atoms with E-state index in [0.29, 0.717) is 16.6 Å². The molecule has 0 fully saturated rings. The molecule has 78 valence electrons. The standard InChI is InChI=1S/C11H10ClFN2/c1-5-6(2)15-10-4-9(13)8(12)3-7(10)11(5)14/h3-4H,1-2H3,(H2,14,15). The van der Waals surface area contributed by atoms with Crippen LogP contribution in [0.15, 0.2) is 12.1 Å². The van der Waals surface area contributed by atoms with Gasteiger partial charge in [-0.25, -0.2) is 4.39 Å². The smallest absolute Gasteiger partial charge is 0.143 e. The van der Waals surface area contributed by atoms with Gasteiger partial charge in [-0.1, -0.05) is 11.6 Å². The highest BCUT2D eigenvalue weighted by Gasteiger charge is 2.09. The van der Waals surface area contributed by atoms with Gasteiger partial charge in [0.1, 0.15) is 5.82 Å². The van der Waals surface area contributed by atoms with Crippen LogP contribution in [0.5, 0.6) is 0 Å². The van der Waals surface area contributed by atoms with Crippen LogP contribution in [0.3, 0.4) is 0 Å². The third kappa shape index (κ3) is 1.53. The van der Waals surface area contributed by atoms with Gasteiger partial charge < -0.3 is 5.73 Å². The van der Waals surface area contributed by atoms with Crippen molar-refractivity contribution in [1.82, 2.24) is 4.98 Å². The molecule has 1 heterocycles. The van der Waals surface area contributed by atoms with Gasteiger partial charge in [0.25, 0.3) is 0 Å². The summed E-state index contributed by atoms with van der Waals surface area (Å²) in [6.07, 6.45) is 0. The number of anilines is 1. The van der Waals surface area contributed by atoms with E-state index in [4.69, 9.17) is 17.3 Å². The molecule has 0 unspecified atom stereocenters. The topological polar surface area (TPSA) is 38.9 Å². The Hall–Kier alpha value is -1.35. The molecule has 2 N–H and O–H groups in total. The van der Waals surface area contributed by atoms with Gasteiger partial charge in [0.15, 0.2) is 0 Å². The molecule has 0 atom stereocenters. The summed E-state index contributed by atoms with van der Waals surface area (Å²) in [6, 6.07) is 2.82. The van der Waals surface area contributed by atoms with Gasteiger partial charge in [0.2, 0.25) is 0 Å². The molecule has 0 saturated carbocycles. The summed E-state index contributed by atoms with van der Waals surface area (Å²) in [7, 11) is 0. The molecule has 0 aliphatic carbocycles. The Balaban J connectivity index is 2.93. The van der Waals surface area contributed by atoms with E-state index < -0.39 is 5.82 Å². The Morgan fingerprint density at radius 1 is 1.33 bits per heavy atom. The maximum absolute atomic E-state index is 13.2. The number of hydrogen-bond acceptors (Lipinski definition) is 2. The van der Waals surface area contributed by atoms with E-state index in [1.807, 2.05) is 13.8 Å². The van der Waals surface area contributed by atoms with E-state index in [2.05, 4.69) is 4.98 Å². The maximum atomic E-state index is 13.2. The number of aryl methyl sites for hydroxylation is 1. The lowest BCUT2D eigenvalue weighted by Gasteiger charge is -2.08. The minimum Gasteiger partial charge on any atom is -0.398 e. The van der Waals surface area contributed by atoms with Crippen molar-refractivity contribution < 1.29 is 4.39 Å². The molecule has 15 heavy (non-hydrogen) atoms. The molecule has 0 saturated heterocycles. The summed E-state index contributed by atoms with van der Waals surface area (Å²) in [5.41, 5.74) is 8.78. The minimum atomic E-state index is -0.473. The van der Waals surface area contributed by atoms with Crippen molar-refractivity contribution in [2.75, 3.05) is 5.73 Å². The number of fused-ring (bicyclic) bond motifs is 1. The summed E-state index contributed by atoms with van der Waals surface area (Å²) in [5, 5.41) is 0.767. The quantitative estimate of drug-likeness (QED) is 0.746. The summed E-state index contributed by atoms with van der Waals surface area (Å²) in [5.74, 6) is -0.473. The van der Waals surface area contributed by atoms with Crippen molar-refractivity contribution in [2.24, 2.45) is 0 Å². The molecule has 2 nitrogen and oxygen atoms in total. The Morgan fingerprint density at radius 3 is 2.67 bits per heavy atom. The van der Waals surface area contributed by atoms with Gasteiger partial charge in [0, 0.05) is 22.8 Å². The molecule has 0 aliphatic rings. The van der Waals surface area contributed by atoms with Crippen LogP contribution in [0.2, 0.25) is 5.02 Å². The van der Waals surface area contributed by atoms with E-state index in [1.54, 1.807) is 0 Å². The number of nitrogens with two attached hydrogens (primary N) is 1. The average molecular weight is 225 g/mol. The zero-order chi connectivity index (χ0) is 11.2. The number of nitrogen functional groups attached to an aromatic ring is 1. The Kier molecular flexibility index (Phi) is 2.27. The Bertz CT molecular complexity index is 547. The first kappa shape index (κ1) is 10.2. The SMILES string of the molecule is Cc1nc2cc(F)c(Cl)cc2c(N)c1C. The number of hydrogen-bond donors (Lipinski definition) is 1. The highest BCUT2D eigenvalue weighted by molar-refractivity contribution is 6.31. The van der Waals surface area contributed by atoms with E-state index >= 15 is 0 Å². The van der Waals surface area contributed by atoms with E-state index in [-0.39, 0.29) is 5.02 Å². The van der Waals surface area contributed by atoms with E-state index in [1.165, 1.54) is 12.1 Å². The highest BCUT2D eigenvalue weighted by atomic mass is 35.5. The summed E-state index contributed by atoms with van der Waals surface area (Å²) < 4.78 is 13.2. The second-order valence-corrected chi connectivity index (χ2v) is 3.93. The van der Waals surface area contributed by atoms with Crippen LogP contribution in [0.25, 0.3) is 10.9 Å². The highest BCUT2D eigenvalue weighted by Crippen LogP contribution is 2.29. The van der Waals surface area contributed by atoms with E-state index in [0.717, 1.165) is 11.3 Å². The summed E-state index contributed by atoms with van der Waals surface area (Å²) >= 11 is 5.69. The molecule has 0 aliphatic heterocycles. The molecule has 0 radical (unpaired) electrons. The Labute approximate surface area is 91.9 Å². The minimum absolute atomic E-state index is 0.0688. The first-order chi connectivity index (χ1) is 7.00. The fourth-order valence-electron chi connectivity index (χ4n) is 1.51. The number of benzene rings is 1. The largest absolute Gasteiger partial charge is 0.398 e. The second-order valence-electron chi connectivity index (χ2n) is 3.52. The van der Waals surface area contributed by atoms with Crippen molar-refractivity contribution in [3.05, 3.63) is 34.2 Å². The number of pyridine rings is 1. The van der Waals surface area contributed by atoms with Crippen molar-refractivity contribution in [2.45, 2.75) is 13.8 Å². The van der Waals surface area contributed by atoms with Crippen molar-refractivity contribution in [1.29, 1.82) is 0 Å². The molecule has 0 bridgehead atoms. The number of rotatable bonds is 0. The van der Waals surface area contributed by atoms with Crippen LogP contribution < -0.4 is 5.73 Å². The molecular weight excluding hydrogens is 215 g/mol. The van der Waals surface area contributed by atoms with Gasteiger partial charge in [-0.2, -0.15) is 0 Å². The lowest BCUT2D eigenvalue weighted by atomic mass is 10.1. The second kappa shape index (κ2) is 3.35. The molecule has 2 rings (SSSR count). The fourth-order valence-corrected chi connectivity index (χ4v) is 1.67. The monoisotopic (exact) mass is 224 g/mol. The Morgan fingerprint density at radius 2 is 2.00 bits per heavy atom. The van der Waals surface area contributed by atoms with Crippen LogP contribution in [0, 0.1) is 19.7 Å². The van der Waals surface area contributed by atoms with Gasteiger partial charge in [0.05, 0.1) is 10.5 Å². The van der Waals surface area contributed by atoms with Crippen LogP contribution in [-0.2, 0) is 0 Å². The van der Waals surface area contributed by atoms with Gasteiger partial charge in [-0.3, -0.25) is 4.98 Å². The third-order valence-electron chi connectivity index (χ3n) is 2.56. The summed E-state index contributed by atoms with van der Waals surface area (Å²) in [6.45, 7) is 3.73. The van der Waals surface area contributed by atoms with Crippen molar-refractivity contribution in [3.63, 3.8) is 0 Å². The van der Waals surface area contributed by atoms with Crippen LogP contribution in [-0.4, -0.2) is 4.98 Å². The molecule has 0 amide bonds. The van der Waals surface area contributed by atoms with Crippen LogP contribution in [0.4, 0.5) is 10.1 Å². The molecule has 4 heteroatoms. The van der Waals surface area contributed by atoms with Crippen LogP contribution >= 0.6 is 11.6 Å². The summed E-state index contributed by atoms with van der Waals surface area (Å²) in [4.78, 5) is 4.26. The predicted octanol–water partition coefficient (Wildman–Crippen LogP) is 3.23. The molecule has 2 aromatic rings. The lowest BCUT2D eigenvalue weighted by Crippen LogP contribution is -1.98. The first-order valence-electron chi connectivity index (χ1n) is 4.52. The average Bonchev–Trinajstić information content (AvgIpc) is 2.19. The molecule has 1 aromatic heterocycles. The predicted molar refractivity (Wildman–Crippen MR) is 60.6 cm³/mol. The fraction of sp³-hybridized carbons (Fsp3) is 0.182. The zero-order valence-electron chi connectivity index (χ0n) is 8.44. The maximum Gasteiger partial charge on any atom is 0.143 e. The number of nitrogens with zero attached hydrogens (tertiary/aromatic N) is 1. The van der Waals surface area contributed by atoms with Crippen molar-refractivity contribution in [3.8, 4) is 0 Å². The third-order valence-corrected chi connectivity index (χ3v) is 2.85. The molecule has 1 aromatic carbocycles. The van der Waals surface area contributed by atoms with Gasteiger partial charge >= 0.3 is 0 Å². The van der Waals surface area contributed by atoms with Crippen LogP contribution in [0.1, 0.15) is 11.3 Å².